The van der Waals surface area contributed by atoms with Crippen LogP contribution in [-0.4, -0.2) is 0 Å². The number of fused-ring (bicyclic) bond motifs is 5. The maximum atomic E-state index is 2.44. The highest BCUT2D eigenvalue weighted by atomic mass is 15.1. The molecule has 0 spiro atoms. The van der Waals surface area contributed by atoms with Crippen molar-refractivity contribution in [1.29, 1.82) is 0 Å². The summed E-state index contributed by atoms with van der Waals surface area (Å²) >= 11 is 0. The molecule has 0 aliphatic heterocycles. The second-order valence-corrected chi connectivity index (χ2v) is 17.3. The van der Waals surface area contributed by atoms with Crippen LogP contribution in [0.25, 0.3) is 43.8 Å². The minimum atomic E-state index is -0.494. The van der Waals surface area contributed by atoms with Gasteiger partial charge in [-0.1, -0.05) is 206 Å². The molecule has 0 amide bonds. The molecular formula is C64H46N2. The number of anilines is 6. The molecule has 66 heavy (non-hydrogen) atoms. The first-order chi connectivity index (χ1) is 32.7. The SMILES string of the molecule is Cc1ccc(N(c2cccc3ccccc23)c2ccc(-c3ccc(N(c4ccccc4)c4ccc5c(c4)C(c4ccccc4)(c4ccccc4)c4ccccc4-5)cc3)c3ccccc23)cc1. The summed E-state index contributed by atoms with van der Waals surface area (Å²) in [5.41, 5.74) is 17.5. The van der Waals surface area contributed by atoms with E-state index in [0.717, 1.165) is 39.7 Å². The third-order valence-corrected chi connectivity index (χ3v) is 13.6. The van der Waals surface area contributed by atoms with Gasteiger partial charge in [-0.15, -0.1) is 0 Å². The topological polar surface area (TPSA) is 6.48 Å². The number of benzene rings is 11. The molecule has 0 bridgehead atoms. The zero-order chi connectivity index (χ0) is 44.0. The van der Waals surface area contributed by atoms with Crippen LogP contribution < -0.4 is 9.80 Å². The molecular weight excluding hydrogens is 797 g/mol. The lowest BCUT2D eigenvalue weighted by molar-refractivity contribution is 0.768. The lowest BCUT2D eigenvalue weighted by atomic mass is 9.67. The fourth-order valence-electron chi connectivity index (χ4n) is 10.6. The smallest absolute Gasteiger partial charge is 0.0714 e. The van der Waals surface area contributed by atoms with Crippen molar-refractivity contribution in [3.05, 3.63) is 289 Å². The zero-order valence-electron chi connectivity index (χ0n) is 36.7. The molecule has 0 saturated carbocycles. The van der Waals surface area contributed by atoms with E-state index in [0.29, 0.717) is 0 Å². The average molecular weight is 843 g/mol. The van der Waals surface area contributed by atoms with Crippen molar-refractivity contribution in [1.82, 2.24) is 0 Å². The maximum absolute atomic E-state index is 2.44. The highest BCUT2D eigenvalue weighted by Crippen LogP contribution is 2.57. The van der Waals surface area contributed by atoms with Crippen LogP contribution in [0.2, 0.25) is 0 Å². The highest BCUT2D eigenvalue weighted by Gasteiger charge is 2.46. The summed E-state index contributed by atoms with van der Waals surface area (Å²) in [5, 5.41) is 4.83. The highest BCUT2D eigenvalue weighted by molar-refractivity contribution is 6.09. The van der Waals surface area contributed by atoms with Crippen molar-refractivity contribution in [3.63, 3.8) is 0 Å². The standard InChI is InChI=1S/C64H46N2/c1-45-32-36-52(37-33-45)66(62-31-17-19-46-18-11-12-26-55(46)62)63-43-42-54(56-27-13-14-29-59(56)63)47-34-38-51(39-35-47)65(50-24-9-4-10-25-50)53-40-41-58-57-28-15-16-30-60(57)64(61(58)44-53,48-20-5-2-6-21-48)49-22-7-3-8-23-49/h2-44H,1H3. The normalized spacial score (nSPS) is 12.4. The maximum Gasteiger partial charge on any atom is 0.0714 e. The van der Waals surface area contributed by atoms with Crippen LogP contribution in [0.4, 0.5) is 34.1 Å². The molecule has 11 aromatic carbocycles. The molecule has 0 radical (unpaired) electrons. The largest absolute Gasteiger partial charge is 0.310 e. The van der Waals surface area contributed by atoms with Crippen LogP contribution >= 0.6 is 0 Å². The predicted octanol–water partition coefficient (Wildman–Crippen LogP) is 17.3. The quantitative estimate of drug-likeness (QED) is 0.143. The van der Waals surface area contributed by atoms with E-state index in [4.69, 9.17) is 0 Å². The van der Waals surface area contributed by atoms with Crippen LogP contribution in [0.3, 0.4) is 0 Å². The van der Waals surface area contributed by atoms with Crippen molar-refractivity contribution in [2.24, 2.45) is 0 Å². The van der Waals surface area contributed by atoms with Gasteiger partial charge in [-0.05, 0) is 123 Å². The van der Waals surface area contributed by atoms with Gasteiger partial charge in [0.25, 0.3) is 0 Å². The second-order valence-electron chi connectivity index (χ2n) is 17.3. The Hall–Kier alpha value is -8.46. The van der Waals surface area contributed by atoms with Crippen molar-refractivity contribution in [3.8, 4) is 22.3 Å². The van der Waals surface area contributed by atoms with Crippen LogP contribution in [0, 0.1) is 6.92 Å². The van der Waals surface area contributed by atoms with Gasteiger partial charge in [0.1, 0.15) is 0 Å². The minimum Gasteiger partial charge on any atom is -0.310 e. The lowest BCUT2D eigenvalue weighted by Gasteiger charge is -2.35. The van der Waals surface area contributed by atoms with Crippen molar-refractivity contribution < 1.29 is 0 Å². The first-order valence-electron chi connectivity index (χ1n) is 22.8. The molecule has 0 aromatic heterocycles. The van der Waals surface area contributed by atoms with E-state index < -0.39 is 5.41 Å². The number of hydrogen-bond donors (Lipinski definition) is 0. The first-order valence-corrected chi connectivity index (χ1v) is 22.8. The lowest BCUT2D eigenvalue weighted by Crippen LogP contribution is -2.28. The Morgan fingerprint density at radius 3 is 1.53 bits per heavy atom. The Labute approximate surface area is 386 Å². The second kappa shape index (κ2) is 16.3. The van der Waals surface area contributed by atoms with E-state index in [-0.39, 0.29) is 0 Å². The van der Waals surface area contributed by atoms with Crippen LogP contribution in [0.1, 0.15) is 27.8 Å². The van der Waals surface area contributed by atoms with Gasteiger partial charge in [-0.3, -0.25) is 0 Å². The molecule has 0 N–H and O–H groups in total. The van der Waals surface area contributed by atoms with E-state index in [1.807, 2.05) is 0 Å². The van der Waals surface area contributed by atoms with E-state index in [1.54, 1.807) is 0 Å². The fraction of sp³-hybridized carbons (Fsp3) is 0.0312. The summed E-state index contributed by atoms with van der Waals surface area (Å²) in [4.78, 5) is 4.83. The fourth-order valence-corrected chi connectivity index (χ4v) is 10.6. The van der Waals surface area contributed by atoms with Gasteiger partial charge in [0.15, 0.2) is 0 Å². The molecule has 2 nitrogen and oxygen atoms in total. The Morgan fingerprint density at radius 2 is 0.803 bits per heavy atom. The minimum absolute atomic E-state index is 0.494. The van der Waals surface area contributed by atoms with Crippen LogP contribution in [0.15, 0.2) is 261 Å². The Balaban J connectivity index is 0.990. The molecule has 2 heteroatoms. The molecule has 0 saturated heterocycles. The number of rotatable bonds is 9. The molecule has 12 rings (SSSR count). The molecule has 11 aromatic rings. The van der Waals surface area contributed by atoms with E-state index >= 15 is 0 Å². The Kier molecular flexibility index (Phi) is 9.65. The average Bonchev–Trinajstić information content (AvgIpc) is 3.68. The molecule has 1 aliphatic rings. The monoisotopic (exact) mass is 842 g/mol. The number of aryl methyl sites for hydroxylation is 1. The molecule has 0 unspecified atom stereocenters. The van der Waals surface area contributed by atoms with Gasteiger partial charge in [-0.25, -0.2) is 0 Å². The van der Waals surface area contributed by atoms with Crippen molar-refractivity contribution in [2.75, 3.05) is 9.80 Å². The molecule has 0 fully saturated rings. The number of para-hydroxylation sites is 1. The van der Waals surface area contributed by atoms with Gasteiger partial charge in [0.2, 0.25) is 0 Å². The predicted molar refractivity (Wildman–Crippen MR) is 278 cm³/mol. The first kappa shape index (κ1) is 39.2. The molecule has 312 valence electrons. The summed E-state index contributed by atoms with van der Waals surface area (Å²) in [6, 6.07) is 95.6. The van der Waals surface area contributed by atoms with E-state index in [9.17, 15) is 0 Å². The van der Waals surface area contributed by atoms with Gasteiger partial charge < -0.3 is 9.80 Å². The van der Waals surface area contributed by atoms with Crippen molar-refractivity contribution in [2.45, 2.75) is 12.3 Å². The van der Waals surface area contributed by atoms with E-state index in [2.05, 4.69) is 278 Å². The number of nitrogens with zero attached hydrogens (tertiary/aromatic N) is 2. The molecule has 1 aliphatic carbocycles. The molecule has 0 heterocycles. The number of hydrogen-bond acceptors (Lipinski definition) is 2. The van der Waals surface area contributed by atoms with Crippen LogP contribution in [-0.2, 0) is 5.41 Å². The van der Waals surface area contributed by atoms with Crippen LogP contribution in [0.5, 0.6) is 0 Å². The van der Waals surface area contributed by atoms with E-state index in [1.165, 1.54) is 66.1 Å². The molecule has 0 atom stereocenters. The summed E-state index contributed by atoms with van der Waals surface area (Å²) in [7, 11) is 0. The Morgan fingerprint density at radius 1 is 0.303 bits per heavy atom. The van der Waals surface area contributed by atoms with Gasteiger partial charge in [0, 0.05) is 33.5 Å². The van der Waals surface area contributed by atoms with Gasteiger partial charge >= 0.3 is 0 Å². The third kappa shape index (κ3) is 6.41. The van der Waals surface area contributed by atoms with Gasteiger partial charge in [-0.2, -0.15) is 0 Å². The van der Waals surface area contributed by atoms with Crippen molar-refractivity contribution >= 4 is 55.7 Å². The zero-order valence-corrected chi connectivity index (χ0v) is 36.7. The Bertz CT molecular complexity index is 3480. The summed E-state index contributed by atoms with van der Waals surface area (Å²) in [6.07, 6.45) is 0. The summed E-state index contributed by atoms with van der Waals surface area (Å²) in [6.45, 7) is 2.15. The summed E-state index contributed by atoms with van der Waals surface area (Å²) in [5.74, 6) is 0. The third-order valence-electron chi connectivity index (χ3n) is 13.6. The van der Waals surface area contributed by atoms with Gasteiger partial charge in [0.05, 0.1) is 16.8 Å². The summed E-state index contributed by atoms with van der Waals surface area (Å²) < 4.78 is 0.